The summed E-state index contributed by atoms with van der Waals surface area (Å²) in [5, 5.41) is -0.0377. The van der Waals surface area contributed by atoms with Gasteiger partial charge in [-0.2, -0.15) is 0 Å². The highest BCUT2D eigenvalue weighted by molar-refractivity contribution is 7.90. The zero-order valence-corrected chi connectivity index (χ0v) is 19.3. The molecule has 0 aliphatic rings. The van der Waals surface area contributed by atoms with Crippen molar-refractivity contribution in [3.63, 3.8) is 0 Å². The Hall–Kier alpha value is -4.11. The molecule has 2 heterocycles. The van der Waals surface area contributed by atoms with Crippen molar-refractivity contribution in [2.24, 2.45) is 0 Å². The molecule has 2 aromatic carbocycles. The summed E-state index contributed by atoms with van der Waals surface area (Å²) in [6, 6.07) is 21.0. The number of methoxy groups -OCH3 is 1. The first-order valence-electron chi connectivity index (χ1n) is 10.3. The zero-order valence-electron chi connectivity index (χ0n) is 18.5. The minimum atomic E-state index is -3.40. The van der Waals surface area contributed by atoms with Crippen molar-refractivity contribution >= 4 is 15.8 Å². The molecule has 0 amide bonds. The van der Waals surface area contributed by atoms with Gasteiger partial charge < -0.3 is 19.2 Å². The Bertz CT molecular complexity index is 1400. The van der Waals surface area contributed by atoms with Crippen molar-refractivity contribution in [3.05, 3.63) is 90.3 Å². The van der Waals surface area contributed by atoms with Crippen molar-refractivity contribution in [2.45, 2.75) is 11.6 Å². The van der Waals surface area contributed by atoms with Crippen LogP contribution < -0.4 is 9.47 Å². The maximum atomic E-state index is 12.4. The number of esters is 1. The summed E-state index contributed by atoms with van der Waals surface area (Å²) < 4.78 is 39.8. The summed E-state index contributed by atoms with van der Waals surface area (Å²) in [4.78, 5) is 19.4. The molecule has 0 bridgehead atoms. The van der Waals surface area contributed by atoms with E-state index in [0.29, 0.717) is 28.6 Å². The van der Waals surface area contributed by atoms with Gasteiger partial charge in [-0.1, -0.05) is 30.3 Å². The number of nitrogens with one attached hydrogen (secondary N) is 1. The van der Waals surface area contributed by atoms with Crippen LogP contribution in [0.3, 0.4) is 0 Å². The van der Waals surface area contributed by atoms with Crippen LogP contribution in [0.25, 0.3) is 11.3 Å². The molecule has 174 valence electrons. The topological polar surface area (TPSA) is 108 Å². The SMILES string of the molecule is COc1cc(Oc2ccc(S(C)(=O)=O)nc2)cc(-c2ccc(C(=O)OCc3ccccc3)[nH]2)c1. The number of carbonyl (C=O) groups excluding carboxylic acids is 1. The van der Waals surface area contributed by atoms with E-state index >= 15 is 0 Å². The fourth-order valence-electron chi connectivity index (χ4n) is 3.17. The molecule has 0 saturated heterocycles. The molecular formula is C25H22N2O6S. The molecule has 4 rings (SSSR count). The first kappa shape index (κ1) is 23.1. The van der Waals surface area contributed by atoms with E-state index in [2.05, 4.69) is 9.97 Å². The third kappa shape index (κ3) is 5.62. The lowest BCUT2D eigenvalue weighted by atomic mass is 10.1. The first-order chi connectivity index (χ1) is 16.3. The van der Waals surface area contributed by atoms with E-state index in [1.165, 1.54) is 25.4 Å². The number of rotatable bonds is 8. The second-order valence-corrected chi connectivity index (χ2v) is 9.41. The van der Waals surface area contributed by atoms with Crippen LogP contribution in [0, 0.1) is 0 Å². The monoisotopic (exact) mass is 478 g/mol. The Kier molecular flexibility index (Phi) is 6.65. The van der Waals surface area contributed by atoms with Gasteiger partial charge in [0.25, 0.3) is 0 Å². The highest BCUT2D eigenvalue weighted by Gasteiger charge is 2.14. The van der Waals surface area contributed by atoms with E-state index in [4.69, 9.17) is 14.2 Å². The Balaban J connectivity index is 1.51. The average molecular weight is 479 g/mol. The van der Waals surface area contributed by atoms with Crippen molar-refractivity contribution in [1.29, 1.82) is 0 Å². The Morgan fingerprint density at radius 3 is 2.38 bits per heavy atom. The van der Waals surface area contributed by atoms with Crippen molar-refractivity contribution in [3.8, 4) is 28.5 Å². The van der Waals surface area contributed by atoms with Crippen LogP contribution >= 0.6 is 0 Å². The number of nitrogens with zero attached hydrogens (tertiary/aromatic N) is 1. The summed E-state index contributed by atoms with van der Waals surface area (Å²) in [7, 11) is -1.87. The first-order valence-corrected chi connectivity index (χ1v) is 12.1. The third-order valence-corrected chi connectivity index (χ3v) is 5.87. The smallest absolute Gasteiger partial charge is 0.355 e. The number of carbonyl (C=O) groups is 1. The molecule has 1 N–H and O–H groups in total. The molecule has 0 saturated carbocycles. The van der Waals surface area contributed by atoms with E-state index in [9.17, 15) is 13.2 Å². The van der Waals surface area contributed by atoms with Gasteiger partial charge in [-0.15, -0.1) is 0 Å². The molecule has 0 fully saturated rings. The minimum Gasteiger partial charge on any atom is -0.497 e. The van der Waals surface area contributed by atoms with Crippen LogP contribution in [0.2, 0.25) is 0 Å². The highest BCUT2D eigenvalue weighted by Crippen LogP contribution is 2.32. The number of hydrogen-bond acceptors (Lipinski definition) is 7. The van der Waals surface area contributed by atoms with Gasteiger partial charge in [0.05, 0.1) is 13.3 Å². The van der Waals surface area contributed by atoms with Gasteiger partial charge in [-0.05, 0) is 42.0 Å². The van der Waals surface area contributed by atoms with E-state index in [-0.39, 0.29) is 11.6 Å². The highest BCUT2D eigenvalue weighted by atomic mass is 32.2. The van der Waals surface area contributed by atoms with Crippen LogP contribution in [0.4, 0.5) is 0 Å². The van der Waals surface area contributed by atoms with Crippen molar-refractivity contribution in [1.82, 2.24) is 9.97 Å². The van der Waals surface area contributed by atoms with E-state index in [0.717, 1.165) is 17.4 Å². The van der Waals surface area contributed by atoms with Crippen LogP contribution in [-0.4, -0.2) is 37.7 Å². The molecule has 0 atom stereocenters. The summed E-state index contributed by atoms with van der Waals surface area (Å²) in [6.07, 6.45) is 2.43. The molecule has 0 radical (unpaired) electrons. The summed E-state index contributed by atoms with van der Waals surface area (Å²) in [5.74, 6) is 0.886. The van der Waals surface area contributed by atoms with Crippen molar-refractivity contribution < 1.29 is 27.4 Å². The molecule has 0 aliphatic carbocycles. The molecule has 0 aliphatic heterocycles. The quantitative estimate of drug-likeness (QED) is 0.368. The van der Waals surface area contributed by atoms with Crippen LogP contribution in [0.15, 0.2) is 84.0 Å². The average Bonchev–Trinajstić information content (AvgIpc) is 3.33. The second-order valence-electron chi connectivity index (χ2n) is 7.45. The second kappa shape index (κ2) is 9.80. The van der Waals surface area contributed by atoms with Crippen LogP contribution in [0.5, 0.6) is 17.2 Å². The van der Waals surface area contributed by atoms with Crippen LogP contribution in [-0.2, 0) is 21.2 Å². The third-order valence-electron chi connectivity index (χ3n) is 4.87. The molecular weight excluding hydrogens is 456 g/mol. The number of hydrogen-bond donors (Lipinski definition) is 1. The molecule has 8 nitrogen and oxygen atoms in total. The molecule has 2 aromatic heterocycles. The number of pyridine rings is 1. The van der Waals surface area contributed by atoms with Gasteiger partial charge in [0, 0.05) is 23.6 Å². The number of aromatic nitrogens is 2. The lowest BCUT2D eigenvalue weighted by Gasteiger charge is -2.10. The number of aromatic amines is 1. The Morgan fingerprint density at radius 1 is 0.941 bits per heavy atom. The zero-order chi connectivity index (χ0) is 24.1. The summed E-state index contributed by atoms with van der Waals surface area (Å²) in [6.45, 7) is 0.178. The minimum absolute atomic E-state index is 0.0377. The summed E-state index contributed by atoms with van der Waals surface area (Å²) >= 11 is 0. The number of sulfone groups is 1. The fraction of sp³-hybridized carbons (Fsp3) is 0.120. The van der Waals surface area contributed by atoms with E-state index in [1.54, 1.807) is 30.3 Å². The molecule has 4 aromatic rings. The maximum Gasteiger partial charge on any atom is 0.355 e. The molecule has 9 heteroatoms. The van der Waals surface area contributed by atoms with Crippen molar-refractivity contribution in [2.75, 3.05) is 13.4 Å². The molecule has 0 spiro atoms. The predicted molar refractivity (Wildman–Crippen MR) is 126 cm³/mol. The van der Waals surface area contributed by atoms with Gasteiger partial charge in [0.2, 0.25) is 0 Å². The molecule has 34 heavy (non-hydrogen) atoms. The summed E-state index contributed by atoms with van der Waals surface area (Å²) in [5.41, 5.74) is 2.60. The fourth-order valence-corrected chi connectivity index (χ4v) is 3.73. The van der Waals surface area contributed by atoms with Gasteiger partial charge in [-0.25, -0.2) is 18.2 Å². The lowest BCUT2D eigenvalue weighted by molar-refractivity contribution is 0.0466. The lowest BCUT2D eigenvalue weighted by Crippen LogP contribution is -2.05. The van der Waals surface area contributed by atoms with E-state index in [1.807, 2.05) is 30.3 Å². The molecule has 0 unspecified atom stereocenters. The van der Waals surface area contributed by atoms with Gasteiger partial charge >= 0.3 is 5.97 Å². The van der Waals surface area contributed by atoms with Gasteiger partial charge in [0.1, 0.15) is 29.5 Å². The largest absolute Gasteiger partial charge is 0.497 e. The number of H-pyrrole nitrogens is 1. The Morgan fingerprint density at radius 2 is 1.71 bits per heavy atom. The number of benzene rings is 2. The standard InChI is InChI=1S/C25H22N2O6S/c1-31-20-12-18(13-21(14-20)33-19-8-11-24(26-15-19)34(2,29)30)22-9-10-23(27-22)25(28)32-16-17-6-4-3-5-7-17/h3-15,27H,16H2,1-2H3. The van der Waals surface area contributed by atoms with E-state index < -0.39 is 15.8 Å². The Labute approximate surface area is 197 Å². The normalized spacial score (nSPS) is 11.1. The van der Waals surface area contributed by atoms with Crippen LogP contribution in [0.1, 0.15) is 16.1 Å². The van der Waals surface area contributed by atoms with Gasteiger partial charge in [-0.3, -0.25) is 0 Å². The maximum absolute atomic E-state index is 12.4. The number of ether oxygens (including phenoxy) is 3. The predicted octanol–water partition coefficient (Wildman–Crippen LogP) is 4.64. The van der Waals surface area contributed by atoms with Gasteiger partial charge in [0.15, 0.2) is 14.9 Å².